The van der Waals surface area contributed by atoms with Gasteiger partial charge in [-0.3, -0.25) is 0 Å². The summed E-state index contributed by atoms with van der Waals surface area (Å²) in [5.41, 5.74) is 1.03. The molecule has 1 aliphatic carbocycles. The predicted molar refractivity (Wildman–Crippen MR) is 66.0 cm³/mol. The minimum Gasteiger partial charge on any atom is -0.382 e. The molecule has 0 spiro atoms. The number of anilines is 1. The zero-order valence-corrected chi connectivity index (χ0v) is 10.0. The van der Waals surface area contributed by atoms with E-state index in [0.29, 0.717) is 12.0 Å². The first-order valence-corrected chi connectivity index (χ1v) is 6.19. The Kier molecular flexibility index (Phi) is 3.47. The molecule has 1 saturated carbocycles. The second-order valence-corrected chi connectivity index (χ2v) is 5.03. The normalized spacial score (nSPS) is 30.1. The van der Waals surface area contributed by atoms with Crippen LogP contribution in [0.3, 0.4) is 0 Å². The van der Waals surface area contributed by atoms with E-state index in [1.165, 1.54) is 31.4 Å². The van der Waals surface area contributed by atoms with Crippen molar-refractivity contribution in [3.63, 3.8) is 0 Å². The van der Waals surface area contributed by atoms with Gasteiger partial charge in [-0.15, -0.1) is 0 Å². The second-order valence-electron chi connectivity index (χ2n) is 5.03. The number of hydrogen-bond donors (Lipinski definition) is 1. The van der Waals surface area contributed by atoms with Gasteiger partial charge in [-0.1, -0.05) is 26.7 Å². The van der Waals surface area contributed by atoms with Crippen molar-refractivity contribution in [3.8, 4) is 0 Å². The molecular formula is C14H20FN. The topological polar surface area (TPSA) is 12.0 Å². The van der Waals surface area contributed by atoms with E-state index in [-0.39, 0.29) is 5.82 Å². The Morgan fingerprint density at radius 1 is 1.12 bits per heavy atom. The third-order valence-electron chi connectivity index (χ3n) is 3.90. The Hall–Kier alpha value is -1.05. The first-order chi connectivity index (χ1) is 7.66. The van der Waals surface area contributed by atoms with Crippen molar-refractivity contribution in [3.05, 3.63) is 30.1 Å². The van der Waals surface area contributed by atoms with Crippen molar-refractivity contribution in [1.82, 2.24) is 0 Å². The van der Waals surface area contributed by atoms with Crippen molar-refractivity contribution in [2.75, 3.05) is 5.32 Å². The fraction of sp³-hybridized carbons (Fsp3) is 0.571. The molecule has 2 rings (SSSR count). The molecule has 1 N–H and O–H groups in total. The highest BCUT2D eigenvalue weighted by molar-refractivity contribution is 5.44. The maximum Gasteiger partial charge on any atom is 0.123 e. The summed E-state index contributed by atoms with van der Waals surface area (Å²) in [6.07, 6.45) is 3.86. The maximum absolute atomic E-state index is 12.8. The second kappa shape index (κ2) is 4.86. The SMILES string of the molecule is CC1CCCC(Nc2ccc(F)cc2)C1C. The van der Waals surface area contributed by atoms with E-state index in [9.17, 15) is 4.39 Å². The van der Waals surface area contributed by atoms with Crippen LogP contribution >= 0.6 is 0 Å². The monoisotopic (exact) mass is 221 g/mol. The van der Waals surface area contributed by atoms with Crippen LogP contribution in [-0.4, -0.2) is 6.04 Å². The third-order valence-corrected chi connectivity index (χ3v) is 3.90. The van der Waals surface area contributed by atoms with E-state index < -0.39 is 0 Å². The molecular weight excluding hydrogens is 201 g/mol. The molecule has 1 aromatic carbocycles. The van der Waals surface area contributed by atoms with E-state index in [1.54, 1.807) is 0 Å². The van der Waals surface area contributed by atoms with Crippen LogP contribution in [-0.2, 0) is 0 Å². The smallest absolute Gasteiger partial charge is 0.123 e. The molecule has 0 saturated heterocycles. The molecule has 0 bridgehead atoms. The standard InChI is InChI=1S/C14H20FN/c1-10-4-3-5-14(11(10)2)16-13-8-6-12(15)7-9-13/h6-11,14,16H,3-5H2,1-2H3. The van der Waals surface area contributed by atoms with E-state index in [2.05, 4.69) is 19.2 Å². The molecule has 0 heterocycles. The van der Waals surface area contributed by atoms with Crippen molar-refractivity contribution < 1.29 is 4.39 Å². The van der Waals surface area contributed by atoms with Gasteiger partial charge < -0.3 is 5.32 Å². The van der Waals surface area contributed by atoms with E-state index in [4.69, 9.17) is 0 Å². The number of hydrogen-bond acceptors (Lipinski definition) is 1. The van der Waals surface area contributed by atoms with Gasteiger partial charge in [0.05, 0.1) is 0 Å². The summed E-state index contributed by atoms with van der Waals surface area (Å²) < 4.78 is 12.8. The quantitative estimate of drug-likeness (QED) is 0.794. The minimum absolute atomic E-state index is 0.171. The highest BCUT2D eigenvalue weighted by Gasteiger charge is 2.26. The molecule has 0 amide bonds. The van der Waals surface area contributed by atoms with Gasteiger partial charge in [-0.05, 0) is 42.5 Å². The zero-order valence-electron chi connectivity index (χ0n) is 10.0. The summed E-state index contributed by atoms with van der Waals surface area (Å²) in [5, 5.41) is 3.52. The van der Waals surface area contributed by atoms with Crippen molar-refractivity contribution >= 4 is 5.69 Å². The lowest BCUT2D eigenvalue weighted by atomic mass is 9.78. The summed E-state index contributed by atoms with van der Waals surface area (Å²) in [4.78, 5) is 0. The highest BCUT2D eigenvalue weighted by Crippen LogP contribution is 2.31. The minimum atomic E-state index is -0.171. The summed E-state index contributed by atoms with van der Waals surface area (Å²) in [5.74, 6) is 1.31. The van der Waals surface area contributed by atoms with Crippen LogP contribution < -0.4 is 5.32 Å². The Morgan fingerprint density at radius 2 is 1.81 bits per heavy atom. The van der Waals surface area contributed by atoms with Gasteiger partial charge in [0.15, 0.2) is 0 Å². The molecule has 1 aliphatic rings. The molecule has 3 unspecified atom stereocenters. The number of nitrogens with one attached hydrogen (secondary N) is 1. The van der Waals surface area contributed by atoms with Gasteiger partial charge in [0.25, 0.3) is 0 Å². The summed E-state index contributed by atoms with van der Waals surface area (Å²) in [6, 6.07) is 7.20. The van der Waals surface area contributed by atoms with Crippen LogP contribution in [0.15, 0.2) is 24.3 Å². The molecule has 2 heteroatoms. The van der Waals surface area contributed by atoms with E-state index >= 15 is 0 Å². The first-order valence-electron chi connectivity index (χ1n) is 6.19. The molecule has 1 nitrogen and oxygen atoms in total. The number of halogens is 1. The largest absolute Gasteiger partial charge is 0.382 e. The van der Waals surface area contributed by atoms with Gasteiger partial charge in [-0.25, -0.2) is 4.39 Å². The molecule has 1 fully saturated rings. The van der Waals surface area contributed by atoms with Gasteiger partial charge in [0.2, 0.25) is 0 Å². The van der Waals surface area contributed by atoms with Crippen molar-refractivity contribution in [2.45, 2.75) is 39.2 Å². The molecule has 88 valence electrons. The lowest BCUT2D eigenvalue weighted by molar-refractivity contribution is 0.253. The van der Waals surface area contributed by atoms with Crippen LogP contribution in [0.2, 0.25) is 0 Å². The molecule has 16 heavy (non-hydrogen) atoms. The summed E-state index contributed by atoms with van der Waals surface area (Å²) in [6.45, 7) is 4.63. The van der Waals surface area contributed by atoms with Crippen LogP contribution in [0.1, 0.15) is 33.1 Å². The van der Waals surface area contributed by atoms with Crippen LogP contribution in [0.5, 0.6) is 0 Å². The lowest BCUT2D eigenvalue weighted by Gasteiger charge is -2.35. The fourth-order valence-electron chi connectivity index (χ4n) is 2.55. The number of benzene rings is 1. The zero-order chi connectivity index (χ0) is 11.5. The summed E-state index contributed by atoms with van der Waals surface area (Å²) >= 11 is 0. The number of rotatable bonds is 2. The Balaban J connectivity index is 2.00. The van der Waals surface area contributed by atoms with E-state index in [1.807, 2.05) is 12.1 Å². The average Bonchev–Trinajstić information content (AvgIpc) is 2.28. The Bertz CT molecular complexity index is 333. The lowest BCUT2D eigenvalue weighted by Crippen LogP contribution is -2.34. The highest BCUT2D eigenvalue weighted by atomic mass is 19.1. The van der Waals surface area contributed by atoms with Crippen LogP contribution in [0, 0.1) is 17.7 Å². The molecule has 0 radical (unpaired) electrons. The summed E-state index contributed by atoms with van der Waals surface area (Å²) in [7, 11) is 0. The Morgan fingerprint density at radius 3 is 2.50 bits per heavy atom. The van der Waals surface area contributed by atoms with Crippen molar-refractivity contribution in [2.24, 2.45) is 11.8 Å². The van der Waals surface area contributed by atoms with Gasteiger partial charge in [0, 0.05) is 11.7 Å². The average molecular weight is 221 g/mol. The first kappa shape index (κ1) is 11.4. The molecule has 3 atom stereocenters. The maximum atomic E-state index is 12.8. The van der Waals surface area contributed by atoms with Crippen molar-refractivity contribution in [1.29, 1.82) is 0 Å². The van der Waals surface area contributed by atoms with Crippen LogP contribution in [0.25, 0.3) is 0 Å². The fourth-order valence-corrected chi connectivity index (χ4v) is 2.55. The van der Waals surface area contributed by atoms with Crippen LogP contribution in [0.4, 0.5) is 10.1 Å². The van der Waals surface area contributed by atoms with Gasteiger partial charge in [0.1, 0.15) is 5.82 Å². The Labute approximate surface area is 97.1 Å². The molecule has 1 aromatic rings. The van der Waals surface area contributed by atoms with Gasteiger partial charge >= 0.3 is 0 Å². The third kappa shape index (κ3) is 2.55. The molecule has 0 aromatic heterocycles. The van der Waals surface area contributed by atoms with E-state index in [0.717, 1.165) is 11.6 Å². The molecule has 0 aliphatic heterocycles. The predicted octanol–water partition coefficient (Wildman–Crippen LogP) is 4.06. The van der Waals surface area contributed by atoms with Gasteiger partial charge in [-0.2, -0.15) is 0 Å².